The number of ether oxygens (including phenoxy) is 1. The van der Waals surface area contributed by atoms with E-state index in [1.54, 1.807) is 12.1 Å². The fourth-order valence-corrected chi connectivity index (χ4v) is 3.72. The molecule has 1 aliphatic heterocycles. The Morgan fingerprint density at radius 3 is 2.41 bits per heavy atom. The van der Waals surface area contributed by atoms with E-state index in [1.807, 2.05) is 0 Å². The smallest absolute Gasteiger partial charge is 0.332 e. The van der Waals surface area contributed by atoms with Crippen molar-refractivity contribution in [2.75, 3.05) is 5.32 Å². The normalized spacial score (nSPS) is 23.0. The van der Waals surface area contributed by atoms with E-state index in [-0.39, 0.29) is 11.9 Å². The summed E-state index contributed by atoms with van der Waals surface area (Å²) in [6, 6.07) is 4.84. The molecule has 0 spiro atoms. The first-order valence-electron chi connectivity index (χ1n) is 9.23. The Bertz CT molecular complexity index is 733. The predicted octanol–water partition coefficient (Wildman–Crippen LogP) is 2.97. The lowest BCUT2D eigenvalue weighted by atomic mass is 9.95. The van der Waals surface area contributed by atoms with Crippen LogP contribution in [0.4, 0.5) is 5.69 Å². The Balaban J connectivity index is 1.63. The van der Waals surface area contributed by atoms with Crippen LogP contribution < -0.4 is 10.6 Å². The highest BCUT2D eigenvalue weighted by molar-refractivity contribution is 6.34. The van der Waals surface area contributed by atoms with Gasteiger partial charge in [-0.1, -0.05) is 30.9 Å². The van der Waals surface area contributed by atoms with Crippen LogP contribution in [-0.4, -0.2) is 41.1 Å². The highest BCUT2D eigenvalue weighted by atomic mass is 35.5. The Morgan fingerprint density at radius 2 is 1.74 bits per heavy atom. The quantitative estimate of drug-likeness (QED) is 0.712. The first-order valence-corrected chi connectivity index (χ1v) is 9.61. The fourth-order valence-electron chi connectivity index (χ4n) is 3.52. The number of carboxylic acids is 1. The minimum atomic E-state index is -1.07. The summed E-state index contributed by atoms with van der Waals surface area (Å²) in [5.74, 6) is -1.76. The topological polar surface area (TPSA) is 105 Å². The monoisotopic (exact) mass is 394 g/mol. The number of anilines is 1. The Hall–Kier alpha value is -2.12. The molecule has 7 nitrogen and oxygen atoms in total. The van der Waals surface area contributed by atoms with E-state index in [2.05, 4.69) is 10.6 Å². The van der Waals surface area contributed by atoms with Gasteiger partial charge in [0.1, 0.15) is 6.10 Å². The van der Waals surface area contributed by atoms with Gasteiger partial charge in [0.25, 0.3) is 11.8 Å². The van der Waals surface area contributed by atoms with Crippen molar-refractivity contribution in [1.29, 1.82) is 0 Å². The first-order chi connectivity index (χ1) is 12.9. The van der Waals surface area contributed by atoms with E-state index < -0.39 is 24.1 Å². The maximum absolute atomic E-state index is 12.5. The summed E-state index contributed by atoms with van der Waals surface area (Å²) in [7, 11) is 0. The van der Waals surface area contributed by atoms with Gasteiger partial charge in [0.15, 0.2) is 6.10 Å². The molecule has 3 N–H and O–H groups in total. The third kappa shape index (κ3) is 4.99. The Morgan fingerprint density at radius 1 is 1.04 bits per heavy atom. The second-order valence-electron chi connectivity index (χ2n) is 7.02. The Labute approximate surface area is 162 Å². The molecule has 0 unspecified atom stereocenters. The molecule has 27 heavy (non-hydrogen) atoms. The molecule has 2 amide bonds. The van der Waals surface area contributed by atoms with Crippen molar-refractivity contribution in [3.63, 3.8) is 0 Å². The largest absolute Gasteiger partial charge is 0.479 e. The van der Waals surface area contributed by atoms with Crippen LogP contribution in [0.2, 0.25) is 5.02 Å². The number of benzene rings is 1. The molecule has 2 fully saturated rings. The van der Waals surface area contributed by atoms with Crippen LogP contribution in [0, 0.1) is 0 Å². The van der Waals surface area contributed by atoms with Crippen molar-refractivity contribution in [2.24, 2.45) is 0 Å². The second kappa shape index (κ2) is 8.71. The van der Waals surface area contributed by atoms with Gasteiger partial charge in [-0.15, -0.1) is 0 Å². The maximum Gasteiger partial charge on any atom is 0.332 e. The molecule has 1 saturated heterocycles. The standard InChI is InChI=1S/C19H23ClN2O5/c20-14-7-6-12(22-18(24)15-8-9-16(27-15)19(25)26)10-13(14)17(23)21-11-4-2-1-3-5-11/h6-7,10-11,15-16H,1-5,8-9H2,(H,21,23)(H,22,24)(H,25,26)/t15-,16+/m0/s1. The molecule has 1 aliphatic carbocycles. The van der Waals surface area contributed by atoms with E-state index in [0.717, 1.165) is 25.7 Å². The van der Waals surface area contributed by atoms with Crippen molar-refractivity contribution < 1.29 is 24.2 Å². The highest BCUT2D eigenvalue weighted by Crippen LogP contribution is 2.25. The molecule has 0 radical (unpaired) electrons. The van der Waals surface area contributed by atoms with Crippen LogP contribution in [0.5, 0.6) is 0 Å². The molecular formula is C19H23ClN2O5. The van der Waals surface area contributed by atoms with Gasteiger partial charge >= 0.3 is 5.97 Å². The highest BCUT2D eigenvalue weighted by Gasteiger charge is 2.34. The van der Waals surface area contributed by atoms with Crippen LogP contribution in [0.15, 0.2) is 18.2 Å². The minimum absolute atomic E-state index is 0.153. The van der Waals surface area contributed by atoms with Gasteiger partial charge in [-0.25, -0.2) is 4.79 Å². The Kier molecular flexibility index (Phi) is 6.34. The van der Waals surface area contributed by atoms with Gasteiger partial charge in [-0.2, -0.15) is 0 Å². The zero-order chi connectivity index (χ0) is 19.4. The van der Waals surface area contributed by atoms with Crippen LogP contribution in [-0.2, 0) is 14.3 Å². The second-order valence-corrected chi connectivity index (χ2v) is 7.43. The van der Waals surface area contributed by atoms with Gasteiger partial charge in [0.2, 0.25) is 0 Å². The molecule has 0 bridgehead atoms. The van der Waals surface area contributed by atoms with Crippen molar-refractivity contribution in [3.8, 4) is 0 Å². The number of aliphatic carboxylic acids is 1. The summed E-state index contributed by atoms with van der Waals surface area (Å²) in [4.78, 5) is 35.8. The van der Waals surface area contributed by atoms with Gasteiger partial charge in [0.05, 0.1) is 10.6 Å². The number of carbonyl (C=O) groups excluding carboxylic acids is 2. The zero-order valence-electron chi connectivity index (χ0n) is 14.9. The van der Waals surface area contributed by atoms with E-state index in [4.69, 9.17) is 21.4 Å². The number of amides is 2. The van der Waals surface area contributed by atoms with Gasteiger partial charge in [-0.05, 0) is 43.9 Å². The van der Waals surface area contributed by atoms with Crippen molar-refractivity contribution in [1.82, 2.24) is 5.32 Å². The summed E-state index contributed by atoms with van der Waals surface area (Å²) >= 11 is 6.16. The van der Waals surface area contributed by atoms with E-state index in [0.29, 0.717) is 29.1 Å². The number of rotatable bonds is 5. The van der Waals surface area contributed by atoms with E-state index in [1.165, 1.54) is 12.5 Å². The third-order valence-electron chi connectivity index (χ3n) is 5.01. The molecule has 1 saturated carbocycles. The van der Waals surface area contributed by atoms with Gasteiger partial charge in [0, 0.05) is 11.7 Å². The number of halogens is 1. The summed E-state index contributed by atoms with van der Waals surface area (Å²) in [5.41, 5.74) is 0.719. The number of hydrogen-bond acceptors (Lipinski definition) is 4. The molecule has 146 valence electrons. The maximum atomic E-state index is 12.5. The lowest BCUT2D eigenvalue weighted by molar-refractivity contribution is -0.150. The molecule has 2 aliphatic rings. The SMILES string of the molecule is O=C(NC1CCCCC1)c1cc(NC(=O)[C@@H]2CC[C@H](C(=O)O)O2)ccc1Cl. The summed E-state index contributed by atoms with van der Waals surface area (Å²) in [6.45, 7) is 0. The van der Waals surface area contributed by atoms with Crippen LogP contribution in [0.1, 0.15) is 55.3 Å². The van der Waals surface area contributed by atoms with Crippen LogP contribution >= 0.6 is 11.6 Å². The summed E-state index contributed by atoms with van der Waals surface area (Å²) < 4.78 is 5.24. The number of hydrogen-bond donors (Lipinski definition) is 3. The molecule has 1 aromatic carbocycles. The minimum Gasteiger partial charge on any atom is -0.479 e. The van der Waals surface area contributed by atoms with Gasteiger partial charge < -0.3 is 20.5 Å². The summed E-state index contributed by atoms with van der Waals surface area (Å²) in [6.07, 6.45) is 4.19. The molecule has 8 heteroatoms. The fraction of sp³-hybridized carbons (Fsp3) is 0.526. The lowest BCUT2D eigenvalue weighted by Crippen LogP contribution is -2.36. The lowest BCUT2D eigenvalue weighted by Gasteiger charge is -2.23. The van der Waals surface area contributed by atoms with Gasteiger partial charge in [-0.3, -0.25) is 9.59 Å². The first kappa shape index (κ1) is 19.6. The third-order valence-corrected chi connectivity index (χ3v) is 5.34. The number of nitrogens with one attached hydrogen (secondary N) is 2. The van der Waals surface area contributed by atoms with E-state index >= 15 is 0 Å². The van der Waals surface area contributed by atoms with Crippen molar-refractivity contribution in [2.45, 2.75) is 63.2 Å². The predicted molar refractivity (Wildman–Crippen MR) is 100.0 cm³/mol. The van der Waals surface area contributed by atoms with Crippen molar-refractivity contribution in [3.05, 3.63) is 28.8 Å². The number of carbonyl (C=O) groups is 3. The zero-order valence-corrected chi connectivity index (χ0v) is 15.6. The molecular weight excluding hydrogens is 372 g/mol. The molecule has 1 aromatic rings. The molecule has 3 rings (SSSR count). The van der Waals surface area contributed by atoms with Crippen LogP contribution in [0.3, 0.4) is 0 Å². The van der Waals surface area contributed by atoms with Crippen LogP contribution in [0.25, 0.3) is 0 Å². The van der Waals surface area contributed by atoms with Crippen molar-refractivity contribution >= 4 is 35.1 Å². The average Bonchev–Trinajstić information content (AvgIpc) is 3.15. The summed E-state index contributed by atoms with van der Waals surface area (Å²) in [5, 5.41) is 14.9. The average molecular weight is 395 g/mol. The van der Waals surface area contributed by atoms with E-state index in [9.17, 15) is 14.4 Å². The molecule has 0 aromatic heterocycles. The molecule has 1 heterocycles. The molecule has 2 atom stereocenters. The number of carboxylic acid groups (broad SMARTS) is 1.